The highest BCUT2D eigenvalue weighted by molar-refractivity contribution is 5.86. The Kier molecular flexibility index (Phi) is 3.60. The zero-order chi connectivity index (χ0) is 12.3. The molecule has 0 radical (unpaired) electrons. The van der Waals surface area contributed by atoms with Crippen LogP contribution in [0.1, 0.15) is 25.5 Å². The Balaban J connectivity index is 2.37. The van der Waals surface area contributed by atoms with Crippen LogP contribution in [0, 0.1) is 0 Å². The second-order valence-electron chi connectivity index (χ2n) is 4.48. The van der Waals surface area contributed by atoms with Crippen molar-refractivity contribution in [3.63, 3.8) is 0 Å². The molecule has 0 heterocycles. The topological polar surface area (TPSA) is 12.0 Å². The van der Waals surface area contributed by atoms with Gasteiger partial charge in [-0.05, 0) is 30.2 Å². The molecule has 2 atom stereocenters. The van der Waals surface area contributed by atoms with Gasteiger partial charge in [0.15, 0.2) is 0 Å². The van der Waals surface area contributed by atoms with Crippen LogP contribution in [-0.4, -0.2) is 6.04 Å². The first kappa shape index (κ1) is 11.9. The Labute approximate surface area is 103 Å². The second-order valence-corrected chi connectivity index (χ2v) is 4.48. The summed E-state index contributed by atoms with van der Waals surface area (Å²) in [5, 5.41) is 6.14. The average molecular weight is 225 g/mol. The van der Waals surface area contributed by atoms with Crippen molar-refractivity contribution in [3.8, 4) is 0 Å². The largest absolute Gasteiger partial charge is 0.304 e. The third kappa shape index (κ3) is 2.56. The molecule has 0 bridgehead atoms. The molecular weight excluding hydrogens is 206 g/mol. The minimum Gasteiger partial charge on any atom is -0.304 e. The van der Waals surface area contributed by atoms with Crippen LogP contribution in [0.25, 0.3) is 10.8 Å². The van der Waals surface area contributed by atoms with Crippen molar-refractivity contribution in [2.24, 2.45) is 0 Å². The van der Waals surface area contributed by atoms with Gasteiger partial charge < -0.3 is 5.32 Å². The molecule has 0 amide bonds. The molecule has 2 aromatic rings. The van der Waals surface area contributed by atoms with E-state index in [9.17, 15) is 0 Å². The van der Waals surface area contributed by atoms with Gasteiger partial charge in [-0.25, -0.2) is 0 Å². The Morgan fingerprint density at radius 1 is 1.06 bits per heavy atom. The highest BCUT2D eigenvalue weighted by Gasteiger charge is 2.09. The van der Waals surface area contributed by atoms with E-state index in [0.29, 0.717) is 12.1 Å². The van der Waals surface area contributed by atoms with Crippen molar-refractivity contribution in [2.45, 2.75) is 25.9 Å². The first-order valence-electron chi connectivity index (χ1n) is 6.08. The number of rotatable bonds is 4. The standard InChI is InChI=1S/C16H19N/c1-4-12(2)17-13(3)15-11-7-9-14-8-5-6-10-16(14)15/h4-13,17H,1H2,2-3H3. The van der Waals surface area contributed by atoms with Crippen molar-refractivity contribution in [2.75, 3.05) is 0 Å². The molecule has 0 aromatic heterocycles. The highest BCUT2D eigenvalue weighted by atomic mass is 14.9. The Morgan fingerprint density at radius 2 is 1.76 bits per heavy atom. The third-order valence-corrected chi connectivity index (χ3v) is 3.16. The molecule has 0 aliphatic heterocycles. The van der Waals surface area contributed by atoms with E-state index in [4.69, 9.17) is 0 Å². The van der Waals surface area contributed by atoms with E-state index >= 15 is 0 Å². The van der Waals surface area contributed by atoms with Gasteiger partial charge in [-0.3, -0.25) is 0 Å². The zero-order valence-electron chi connectivity index (χ0n) is 10.5. The van der Waals surface area contributed by atoms with Gasteiger partial charge in [-0.2, -0.15) is 0 Å². The Hall–Kier alpha value is -1.60. The van der Waals surface area contributed by atoms with Crippen LogP contribution < -0.4 is 5.32 Å². The van der Waals surface area contributed by atoms with Gasteiger partial charge in [0.1, 0.15) is 0 Å². The number of nitrogens with one attached hydrogen (secondary N) is 1. The first-order valence-corrected chi connectivity index (χ1v) is 6.08. The molecule has 0 fully saturated rings. The van der Waals surface area contributed by atoms with Crippen LogP contribution in [0.5, 0.6) is 0 Å². The minimum atomic E-state index is 0.323. The molecule has 2 rings (SSSR count). The van der Waals surface area contributed by atoms with Gasteiger partial charge in [-0.1, -0.05) is 48.5 Å². The van der Waals surface area contributed by atoms with Crippen LogP contribution in [0.3, 0.4) is 0 Å². The van der Waals surface area contributed by atoms with Crippen LogP contribution in [0.15, 0.2) is 55.1 Å². The molecule has 0 aliphatic carbocycles. The fourth-order valence-electron chi connectivity index (χ4n) is 2.18. The summed E-state index contributed by atoms with van der Waals surface area (Å²) in [5.41, 5.74) is 1.34. The molecule has 1 heteroatoms. The Morgan fingerprint density at radius 3 is 2.53 bits per heavy atom. The lowest BCUT2D eigenvalue weighted by molar-refractivity contribution is 0.540. The van der Waals surface area contributed by atoms with E-state index in [-0.39, 0.29) is 0 Å². The molecule has 2 aromatic carbocycles. The van der Waals surface area contributed by atoms with Crippen LogP contribution >= 0.6 is 0 Å². The SMILES string of the molecule is C=CC(C)NC(C)c1cccc2ccccc12. The van der Waals surface area contributed by atoms with Crippen molar-refractivity contribution in [3.05, 3.63) is 60.7 Å². The van der Waals surface area contributed by atoms with Gasteiger partial charge >= 0.3 is 0 Å². The predicted octanol–water partition coefficient (Wildman–Crippen LogP) is 4.06. The maximum Gasteiger partial charge on any atom is 0.0303 e. The quantitative estimate of drug-likeness (QED) is 0.774. The Bertz CT molecular complexity index is 510. The monoisotopic (exact) mass is 225 g/mol. The molecule has 0 aliphatic rings. The molecule has 17 heavy (non-hydrogen) atoms. The minimum absolute atomic E-state index is 0.323. The van der Waals surface area contributed by atoms with Crippen molar-refractivity contribution in [1.82, 2.24) is 5.32 Å². The van der Waals surface area contributed by atoms with E-state index < -0.39 is 0 Å². The second kappa shape index (κ2) is 5.15. The number of fused-ring (bicyclic) bond motifs is 1. The lowest BCUT2D eigenvalue weighted by Gasteiger charge is -2.19. The lowest BCUT2D eigenvalue weighted by Crippen LogP contribution is -2.27. The molecule has 2 unspecified atom stereocenters. The lowest BCUT2D eigenvalue weighted by atomic mass is 9.99. The number of hydrogen-bond acceptors (Lipinski definition) is 1. The molecule has 0 saturated heterocycles. The number of hydrogen-bond donors (Lipinski definition) is 1. The summed E-state index contributed by atoms with van der Waals surface area (Å²) in [6.45, 7) is 8.12. The van der Waals surface area contributed by atoms with E-state index in [1.807, 2.05) is 6.08 Å². The molecule has 88 valence electrons. The van der Waals surface area contributed by atoms with Gasteiger partial charge in [0.05, 0.1) is 0 Å². The fraction of sp³-hybridized carbons (Fsp3) is 0.250. The summed E-state index contributed by atoms with van der Waals surface area (Å²) >= 11 is 0. The summed E-state index contributed by atoms with van der Waals surface area (Å²) in [7, 11) is 0. The smallest absolute Gasteiger partial charge is 0.0303 e. The molecule has 1 N–H and O–H groups in total. The van der Waals surface area contributed by atoms with Crippen molar-refractivity contribution < 1.29 is 0 Å². The summed E-state index contributed by atoms with van der Waals surface area (Å²) < 4.78 is 0. The average Bonchev–Trinajstić information content (AvgIpc) is 2.37. The molecule has 0 spiro atoms. The van der Waals surface area contributed by atoms with Gasteiger partial charge in [-0.15, -0.1) is 6.58 Å². The summed E-state index contributed by atoms with van der Waals surface area (Å²) in [5.74, 6) is 0. The van der Waals surface area contributed by atoms with Crippen molar-refractivity contribution in [1.29, 1.82) is 0 Å². The molecule has 0 saturated carbocycles. The van der Waals surface area contributed by atoms with Gasteiger partial charge in [0.25, 0.3) is 0 Å². The van der Waals surface area contributed by atoms with Crippen LogP contribution in [-0.2, 0) is 0 Å². The highest BCUT2D eigenvalue weighted by Crippen LogP contribution is 2.24. The van der Waals surface area contributed by atoms with E-state index in [1.54, 1.807) is 0 Å². The van der Waals surface area contributed by atoms with Crippen molar-refractivity contribution >= 4 is 10.8 Å². The zero-order valence-corrected chi connectivity index (χ0v) is 10.5. The molecular formula is C16H19N. The van der Waals surface area contributed by atoms with Gasteiger partial charge in [0, 0.05) is 12.1 Å². The fourth-order valence-corrected chi connectivity index (χ4v) is 2.18. The van der Waals surface area contributed by atoms with E-state index in [2.05, 4.69) is 68.2 Å². The number of benzene rings is 2. The van der Waals surface area contributed by atoms with E-state index in [0.717, 1.165) is 0 Å². The van der Waals surface area contributed by atoms with E-state index in [1.165, 1.54) is 16.3 Å². The predicted molar refractivity (Wildman–Crippen MR) is 75.2 cm³/mol. The summed E-state index contributed by atoms with van der Waals surface area (Å²) in [6, 6.07) is 15.6. The van der Waals surface area contributed by atoms with Crippen LogP contribution in [0.4, 0.5) is 0 Å². The first-order chi connectivity index (χ1) is 8.22. The normalized spacial score (nSPS) is 14.5. The third-order valence-electron chi connectivity index (χ3n) is 3.16. The molecule has 1 nitrogen and oxygen atoms in total. The van der Waals surface area contributed by atoms with Gasteiger partial charge in [0.2, 0.25) is 0 Å². The maximum atomic E-state index is 3.81. The maximum absolute atomic E-state index is 3.81. The van der Waals surface area contributed by atoms with Crippen LogP contribution in [0.2, 0.25) is 0 Å². The summed E-state index contributed by atoms with van der Waals surface area (Å²) in [4.78, 5) is 0. The summed E-state index contributed by atoms with van der Waals surface area (Å²) in [6.07, 6.45) is 1.93.